The topological polar surface area (TPSA) is 73.9 Å². The Labute approximate surface area is 119 Å². The number of ether oxygens (including phenoxy) is 3. The third-order valence-electron chi connectivity index (χ3n) is 1.20. The summed E-state index contributed by atoms with van der Waals surface area (Å²) in [5.74, 6) is 0. The minimum absolute atomic E-state index is 0. The first-order chi connectivity index (χ1) is 8.58. The van der Waals surface area contributed by atoms with Crippen LogP contribution in [0.1, 0.15) is 55.4 Å². The lowest BCUT2D eigenvalue weighted by Crippen LogP contribution is -2.26. The van der Waals surface area contributed by atoms with Crippen LogP contribution in [0, 0.1) is 0 Å². The van der Waals surface area contributed by atoms with Crippen LogP contribution in [0.25, 0.3) is 0 Å². The number of rotatable bonds is 6. The fourth-order valence-corrected chi connectivity index (χ4v) is 0.755. The van der Waals surface area contributed by atoms with Crippen molar-refractivity contribution in [3.05, 3.63) is 0 Å². The molecular weight excluding hydrogens is 246 g/mol. The summed E-state index contributed by atoms with van der Waals surface area (Å²) in [6.45, 7) is 17.3. The van der Waals surface area contributed by atoms with Crippen LogP contribution in [0.5, 0.6) is 0 Å². The third-order valence-corrected chi connectivity index (χ3v) is 1.20. The van der Waals surface area contributed by atoms with E-state index in [1.807, 2.05) is 41.5 Å². The highest BCUT2D eigenvalue weighted by atomic mass is 16.7. The summed E-state index contributed by atoms with van der Waals surface area (Å²) in [5.41, 5.74) is 5.35. The molecule has 0 aromatic heterocycles. The molecule has 0 amide bonds. The maximum atomic E-state index is 8.65. The molecule has 2 atom stereocenters. The average Bonchev–Trinajstić information content (AvgIpc) is 2.16. The van der Waals surface area contributed by atoms with Gasteiger partial charge in [-0.15, -0.1) is 0 Å². The van der Waals surface area contributed by atoms with Crippen LogP contribution in [-0.4, -0.2) is 43.0 Å². The fraction of sp³-hybridized carbons (Fsp3) is 1.00. The van der Waals surface area contributed by atoms with E-state index in [1.54, 1.807) is 13.8 Å². The highest BCUT2D eigenvalue weighted by Gasteiger charge is 2.02. The summed E-state index contributed by atoms with van der Waals surface area (Å²) in [5, 5.41) is 8.65. The third kappa shape index (κ3) is 57.4. The lowest BCUT2D eigenvalue weighted by molar-refractivity contribution is -0.211. The highest BCUT2D eigenvalue weighted by Crippen LogP contribution is 1.95. The van der Waals surface area contributed by atoms with Gasteiger partial charge in [0.2, 0.25) is 0 Å². The van der Waals surface area contributed by atoms with Crippen LogP contribution in [0.4, 0.5) is 0 Å². The molecule has 19 heavy (non-hydrogen) atoms. The van der Waals surface area contributed by atoms with Crippen molar-refractivity contribution in [2.45, 2.75) is 73.5 Å². The predicted molar refractivity (Wildman–Crippen MR) is 80.0 cm³/mol. The van der Waals surface area contributed by atoms with Crippen molar-refractivity contribution in [2.75, 3.05) is 19.8 Å². The smallest absolute Gasteiger partial charge is 0.157 e. The zero-order chi connectivity index (χ0) is 15.9. The molecule has 2 unspecified atom stereocenters. The molecular formula is C14H35NO4. The Morgan fingerprint density at radius 3 is 1.53 bits per heavy atom. The Bertz CT molecular complexity index is 150. The number of nitrogens with two attached hydrogens (primary N) is 1. The Morgan fingerprint density at radius 2 is 1.37 bits per heavy atom. The molecule has 5 heteroatoms. The first-order valence-corrected chi connectivity index (χ1v) is 6.90. The van der Waals surface area contributed by atoms with Crippen molar-refractivity contribution >= 4 is 0 Å². The van der Waals surface area contributed by atoms with Crippen molar-refractivity contribution in [1.82, 2.24) is 0 Å². The molecule has 120 valence electrons. The van der Waals surface area contributed by atoms with Crippen LogP contribution >= 0.6 is 0 Å². The standard InChI is InChI=1S/C6H14O3.C4H11N.C4H10O/c1-4-8-6(3)9-5(2)7;1-4(2,3)5;1-3-5-4-2/h5-7H,4H2,1-3H3;5H2,1-3H3;3-4H2,1-2H3. The van der Waals surface area contributed by atoms with Crippen LogP contribution < -0.4 is 5.73 Å². The normalized spacial score (nSPS) is 13.6. The Kier molecular flexibility index (Phi) is 19.9. The molecule has 0 aliphatic rings. The summed E-state index contributed by atoms with van der Waals surface area (Å²) < 4.78 is 14.6. The second kappa shape index (κ2) is 15.9. The van der Waals surface area contributed by atoms with Gasteiger partial charge in [-0.3, -0.25) is 0 Å². The minimum Gasteiger partial charge on any atom is -0.382 e. The van der Waals surface area contributed by atoms with Crippen molar-refractivity contribution in [3.8, 4) is 0 Å². The zero-order valence-corrected chi connectivity index (χ0v) is 14.0. The zero-order valence-electron chi connectivity index (χ0n) is 14.0. The predicted octanol–water partition coefficient (Wildman–Crippen LogP) is 2.51. The van der Waals surface area contributed by atoms with E-state index >= 15 is 0 Å². The molecule has 0 aliphatic heterocycles. The number of aliphatic hydroxyl groups excluding tert-OH is 1. The summed E-state index contributed by atoms with van der Waals surface area (Å²) in [4.78, 5) is 0. The average molecular weight is 281 g/mol. The van der Waals surface area contributed by atoms with Crippen LogP contribution in [0.15, 0.2) is 0 Å². The molecule has 0 aromatic carbocycles. The Morgan fingerprint density at radius 1 is 1.00 bits per heavy atom. The van der Waals surface area contributed by atoms with Gasteiger partial charge in [-0.2, -0.15) is 0 Å². The maximum Gasteiger partial charge on any atom is 0.157 e. The van der Waals surface area contributed by atoms with Gasteiger partial charge in [-0.25, -0.2) is 0 Å². The minimum atomic E-state index is -0.744. The van der Waals surface area contributed by atoms with E-state index in [-0.39, 0.29) is 11.8 Å². The maximum absolute atomic E-state index is 8.65. The molecule has 0 saturated heterocycles. The first-order valence-electron chi connectivity index (χ1n) is 6.90. The molecule has 0 aliphatic carbocycles. The lowest BCUT2D eigenvalue weighted by Gasteiger charge is -2.13. The largest absolute Gasteiger partial charge is 0.382 e. The van der Waals surface area contributed by atoms with Gasteiger partial charge in [-0.1, -0.05) is 0 Å². The molecule has 0 rings (SSSR count). The quantitative estimate of drug-likeness (QED) is 0.732. The van der Waals surface area contributed by atoms with E-state index in [2.05, 4.69) is 0 Å². The first kappa shape index (κ1) is 23.9. The van der Waals surface area contributed by atoms with E-state index in [4.69, 9.17) is 25.1 Å². The second-order valence-corrected chi connectivity index (χ2v) is 4.91. The van der Waals surface area contributed by atoms with Gasteiger partial charge in [0.25, 0.3) is 0 Å². The van der Waals surface area contributed by atoms with E-state index in [1.165, 1.54) is 0 Å². The van der Waals surface area contributed by atoms with E-state index in [0.717, 1.165) is 13.2 Å². The molecule has 3 N–H and O–H groups in total. The van der Waals surface area contributed by atoms with Crippen molar-refractivity contribution < 1.29 is 19.3 Å². The number of aliphatic hydroxyl groups is 1. The summed E-state index contributed by atoms with van der Waals surface area (Å²) in [6.07, 6.45) is -1.05. The van der Waals surface area contributed by atoms with Gasteiger partial charge in [0.1, 0.15) is 0 Å². The molecule has 0 bridgehead atoms. The molecule has 5 nitrogen and oxygen atoms in total. The number of hydrogen-bond acceptors (Lipinski definition) is 5. The van der Waals surface area contributed by atoms with Crippen LogP contribution in [0.2, 0.25) is 0 Å². The van der Waals surface area contributed by atoms with Crippen LogP contribution in [0.3, 0.4) is 0 Å². The van der Waals surface area contributed by atoms with E-state index < -0.39 is 6.29 Å². The molecule has 0 spiro atoms. The van der Waals surface area contributed by atoms with Gasteiger partial charge in [0.05, 0.1) is 0 Å². The van der Waals surface area contributed by atoms with Gasteiger partial charge in [0.15, 0.2) is 12.6 Å². The Hall–Kier alpha value is -0.200. The molecule has 0 heterocycles. The van der Waals surface area contributed by atoms with Crippen molar-refractivity contribution in [3.63, 3.8) is 0 Å². The van der Waals surface area contributed by atoms with Crippen molar-refractivity contribution in [2.24, 2.45) is 5.73 Å². The highest BCUT2D eigenvalue weighted by molar-refractivity contribution is 4.60. The van der Waals surface area contributed by atoms with Gasteiger partial charge in [0, 0.05) is 25.4 Å². The van der Waals surface area contributed by atoms with Gasteiger partial charge >= 0.3 is 0 Å². The van der Waals surface area contributed by atoms with Gasteiger partial charge in [-0.05, 0) is 55.4 Å². The summed E-state index contributed by atoms with van der Waals surface area (Å²) in [7, 11) is 0. The summed E-state index contributed by atoms with van der Waals surface area (Å²) >= 11 is 0. The number of hydrogen-bond donors (Lipinski definition) is 2. The summed E-state index contributed by atoms with van der Waals surface area (Å²) in [6, 6.07) is 0. The second-order valence-electron chi connectivity index (χ2n) is 4.91. The lowest BCUT2D eigenvalue weighted by atomic mass is 10.1. The molecule has 0 radical (unpaired) electrons. The molecule has 0 fully saturated rings. The van der Waals surface area contributed by atoms with Crippen LogP contribution in [-0.2, 0) is 14.2 Å². The van der Waals surface area contributed by atoms with E-state index in [0.29, 0.717) is 6.61 Å². The Balaban J connectivity index is -0.000000219. The fourth-order valence-electron chi connectivity index (χ4n) is 0.755. The van der Waals surface area contributed by atoms with Crippen molar-refractivity contribution in [1.29, 1.82) is 0 Å². The molecule has 0 aromatic rings. The monoisotopic (exact) mass is 281 g/mol. The van der Waals surface area contributed by atoms with E-state index in [9.17, 15) is 0 Å². The molecule has 0 saturated carbocycles. The SMILES string of the molecule is CC(C)(C)N.CCOC(C)OC(C)O.CCOCC. The van der Waals surface area contributed by atoms with Gasteiger partial charge < -0.3 is 25.1 Å².